The highest BCUT2D eigenvalue weighted by atomic mass is 16.1. The van der Waals surface area contributed by atoms with Crippen molar-refractivity contribution in [1.29, 1.82) is 0 Å². The number of hydrogen-bond donors (Lipinski definition) is 1. The number of nitrogens with one attached hydrogen (secondary N) is 1. The van der Waals surface area contributed by atoms with E-state index in [0.29, 0.717) is 13.0 Å². The molecule has 3 heteroatoms. The molecule has 0 aliphatic carbocycles. The second-order valence-electron chi connectivity index (χ2n) is 6.31. The molecule has 1 amide bonds. The van der Waals surface area contributed by atoms with Gasteiger partial charge in [0.25, 0.3) is 0 Å². The zero-order valence-electron chi connectivity index (χ0n) is 15.1. The molecule has 0 aliphatic heterocycles. The lowest BCUT2D eigenvalue weighted by atomic mass is 10.0. The summed E-state index contributed by atoms with van der Waals surface area (Å²) in [6, 6.07) is 22.1. The molecule has 0 aromatic heterocycles. The molecule has 130 valence electrons. The van der Waals surface area contributed by atoms with Gasteiger partial charge in [-0.05, 0) is 28.5 Å². The number of rotatable bonds is 4. The molecule has 26 heavy (non-hydrogen) atoms. The van der Waals surface area contributed by atoms with E-state index in [-0.39, 0.29) is 5.91 Å². The zero-order valence-corrected chi connectivity index (χ0v) is 15.1. The van der Waals surface area contributed by atoms with Crippen LogP contribution in [0.4, 0.5) is 5.69 Å². The lowest BCUT2D eigenvalue weighted by Gasteiger charge is -2.13. The van der Waals surface area contributed by atoms with Crippen LogP contribution >= 0.6 is 0 Å². The summed E-state index contributed by atoms with van der Waals surface area (Å²) in [5.41, 5.74) is 3.06. The third kappa shape index (κ3) is 4.23. The fourth-order valence-electron chi connectivity index (χ4n) is 2.93. The Kier molecular flexibility index (Phi) is 5.56. The monoisotopic (exact) mass is 342 g/mol. The minimum Gasteiger partial charge on any atom is -0.377 e. The van der Waals surface area contributed by atoms with Gasteiger partial charge in [0, 0.05) is 19.7 Å². The van der Waals surface area contributed by atoms with Crippen LogP contribution in [0.3, 0.4) is 0 Å². The van der Waals surface area contributed by atoms with E-state index in [1.165, 1.54) is 0 Å². The molecule has 3 aromatic carbocycles. The highest BCUT2D eigenvalue weighted by Crippen LogP contribution is 2.19. The van der Waals surface area contributed by atoms with Gasteiger partial charge >= 0.3 is 0 Å². The quantitative estimate of drug-likeness (QED) is 0.735. The molecule has 0 saturated heterocycles. The predicted molar refractivity (Wildman–Crippen MR) is 108 cm³/mol. The smallest absolute Gasteiger partial charge is 0.225 e. The molecule has 0 saturated carbocycles. The van der Waals surface area contributed by atoms with Crippen molar-refractivity contribution in [1.82, 2.24) is 5.32 Å². The minimum atomic E-state index is -0.0171. The zero-order chi connectivity index (χ0) is 18.4. The van der Waals surface area contributed by atoms with Gasteiger partial charge in [0.2, 0.25) is 5.91 Å². The number of anilines is 1. The maximum absolute atomic E-state index is 12.3. The molecular weight excluding hydrogens is 320 g/mol. The number of para-hydroxylation sites is 1. The van der Waals surface area contributed by atoms with Crippen LogP contribution in [0.5, 0.6) is 0 Å². The summed E-state index contributed by atoms with van der Waals surface area (Å²) in [6.45, 7) is 0.339. The SMILES string of the molecule is CN(C)c1ccccc1C#CCNC(=O)Cc1cccc2ccccc12. The van der Waals surface area contributed by atoms with Gasteiger partial charge in [-0.1, -0.05) is 66.4 Å². The summed E-state index contributed by atoms with van der Waals surface area (Å²) in [5.74, 6) is 6.16. The van der Waals surface area contributed by atoms with Crippen molar-refractivity contribution < 1.29 is 4.79 Å². The number of carbonyl (C=O) groups excluding carboxylic acids is 1. The number of fused-ring (bicyclic) bond motifs is 1. The van der Waals surface area contributed by atoms with E-state index >= 15 is 0 Å². The molecule has 0 bridgehead atoms. The largest absolute Gasteiger partial charge is 0.377 e. The van der Waals surface area contributed by atoms with Crippen LogP contribution < -0.4 is 10.2 Å². The average Bonchev–Trinajstić information content (AvgIpc) is 2.66. The van der Waals surface area contributed by atoms with E-state index in [0.717, 1.165) is 27.6 Å². The molecule has 0 fully saturated rings. The number of nitrogens with zero attached hydrogens (tertiary/aromatic N) is 1. The van der Waals surface area contributed by atoms with E-state index in [4.69, 9.17) is 0 Å². The maximum Gasteiger partial charge on any atom is 0.225 e. The molecule has 0 aliphatic rings. The van der Waals surface area contributed by atoms with Crippen molar-refractivity contribution in [2.75, 3.05) is 25.5 Å². The molecule has 1 N–H and O–H groups in total. The number of amides is 1. The average molecular weight is 342 g/mol. The second kappa shape index (κ2) is 8.22. The Bertz CT molecular complexity index is 975. The Morgan fingerprint density at radius 2 is 1.69 bits per heavy atom. The second-order valence-corrected chi connectivity index (χ2v) is 6.31. The molecule has 0 spiro atoms. The third-order valence-corrected chi connectivity index (χ3v) is 4.21. The standard InChI is InChI=1S/C23H22N2O/c1-25(2)22-15-6-4-10-19(22)13-8-16-24-23(26)17-20-12-7-11-18-9-3-5-14-21(18)20/h3-7,9-12,14-15H,16-17H2,1-2H3,(H,24,26). The van der Waals surface area contributed by atoms with Crippen molar-refractivity contribution in [3.63, 3.8) is 0 Å². The highest BCUT2D eigenvalue weighted by Gasteiger charge is 2.06. The van der Waals surface area contributed by atoms with Gasteiger partial charge in [-0.3, -0.25) is 4.79 Å². The third-order valence-electron chi connectivity index (χ3n) is 4.21. The number of benzene rings is 3. The van der Waals surface area contributed by atoms with Crippen molar-refractivity contribution in [2.45, 2.75) is 6.42 Å². The molecule has 0 radical (unpaired) electrons. The first-order valence-corrected chi connectivity index (χ1v) is 8.64. The first-order chi connectivity index (χ1) is 12.6. The normalized spacial score (nSPS) is 10.1. The van der Waals surface area contributed by atoms with Crippen molar-refractivity contribution in [3.05, 3.63) is 77.9 Å². The van der Waals surface area contributed by atoms with Crippen LogP contribution in [0.25, 0.3) is 10.8 Å². The Balaban J connectivity index is 1.62. The van der Waals surface area contributed by atoms with Crippen LogP contribution in [0.2, 0.25) is 0 Å². The van der Waals surface area contributed by atoms with E-state index < -0.39 is 0 Å². The Morgan fingerprint density at radius 1 is 0.962 bits per heavy atom. The Labute approximate surface area is 154 Å². The van der Waals surface area contributed by atoms with E-state index in [9.17, 15) is 4.79 Å². The highest BCUT2D eigenvalue weighted by molar-refractivity contribution is 5.90. The minimum absolute atomic E-state index is 0.0171. The van der Waals surface area contributed by atoms with E-state index in [1.54, 1.807) is 0 Å². The van der Waals surface area contributed by atoms with E-state index in [1.807, 2.05) is 67.5 Å². The lowest BCUT2D eigenvalue weighted by molar-refractivity contribution is -0.120. The summed E-state index contributed by atoms with van der Waals surface area (Å²) in [4.78, 5) is 14.3. The first kappa shape index (κ1) is 17.6. The number of hydrogen-bond acceptors (Lipinski definition) is 2. The van der Waals surface area contributed by atoms with Crippen LogP contribution in [0, 0.1) is 11.8 Å². The van der Waals surface area contributed by atoms with Gasteiger partial charge in [-0.15, -0.1) is 0 Å². The predicted octanol–water partition coefficient (Wildman–Crippen LogP) is 3.62. The summed E-state index contributed by atoms with van der Waals surface area (Å²) in [6.07, 6.45) is 0.358. The van der Waals surface area contributed by atoms with Gasteiger partial charge in [-0.2, -0.15) is 0 Å². The van der Waals surface area contributed by atoms with Crippen LogP contribution in [-0.4, -0.2) is 26.5 Å². The van der Waals surface area contributed by atoms with Gasteiger partial charge in [0.15, 0.2) is 0 Å². The Hall–Kier alpha value is -3.25. The summed E-state index contributed by atoms with van der Waals surface area (Å²) in [5, 5.41) is 5.16. The fourth-order valence-corrected chi connectivity index (χ4v) is 2.93. The van der Waals surface area contributed by atoms with Gasteiger partial charge in [0.05, 0.1) is 18.7 Å². The molecule has 3 aromatic rings. The van der Waals surface area contributed by atoms with E-state index in [2.05, 4.69) is 35.4 Å². The molecule has 0 heterocycles. The van der Waals surface area contributed by atoms with Crippen molar-refractivity contribution >= 4 is 22.4 Å². The summed E-state index contributed by atoms with van der Waals surface area (Å²) in [7, 11) is 3.99. The summed E-state index contributed by atoms with van der Waals surface area (Å²) < 4.78 is 0. The van der Waals surface area contributed by atoms with Gasteiger partial charge < -0.3 is 10.2 Å². The summed E-state index contributed by atoms with van der Waals surface area (Å²) >= 11 is 0. The Morgan fingerprint density at radius 3 is 2.54 bits per heavy atom. The number of carbonyl (C=O) groups is 1. The topological polar surface area (TPSA) is 32.3 Å². The maximum atomic E-state index is 12.3. The van der Waals surface area contributed by atoms with Crippen LogP contribution in [-0.2, 0) is 11.2 Å². The molecule has 3 rings (SSSR count). The van der Waals surface area contributed by atoms with Gasteiger partial charge in [0.1, 0.15) is 0 Å². The first-order valence-electron chi connectivity index (χ1n) is 8.64. The fraction of sp³-hybridized carbons (Fsp3) is 0.174. The molecule has 0 unspecified atom stereocenters. The van der Waals surface area contributed by atoms with Crippen molar-refractivity contribution in [3.8, 4) is 11.8 Å². The lowest BCUT2D eigenvalue weighted by Crippen LogP contribution is -2.25. The molecular formula is C23H22N2O. The van der Waals surface area contributed by atoms with Crippen LogP contribution in [0.15, 0.2) is 66.7 Å². The molecule has 3 nitrogen and oxygen atoms in total. The van der Waals surface area contributed by atoms with Crippen molar-refractivity contribution in [2.24, 2.45) is 0 Å². The molecule has 0 atom stereocenters. The van der Waals surface area contributed by atoms with Crippen LogP contribution in [0.1, 0.15) is 11.1 Å². The van der Waals surface area contributed by atoms with Gasteiger partial charge in [-0.25, -0.2) is 0 Å².